The summed E-state index contributed by atoms with van der Waals surface area (Å²) in [6.07, 6.45) is 3.30. The fourth-order valence-electron chi connectivity index (χ4n) is 2.50. The Kier molecular flexibility index (Phi) is 5.61. The number of ether oxygens (including phenoxy) is 1. The minimum absolute atomic E-state index is 0.116. The second-order valence-electron chi connectivity index (χ2n) is 5.35. The minimum atomic E-state index is 0.116. The van der Waals surface area contributed by atoms with Crippen LogP contribution in [0, 0.1) is 6.92 Å². The maximum atomic E-state index is 12.5. The van der Waals surface area contributed by atoms with Crippen LogP contribution in [0.1, 0.15) is 42.1 Å². The van der Waals surface area contributed by atoms with Crippen molar-refractivity contribution in [1.82, 2.24) is 4.90 Å². The van der Waals surface area contributed by atoms with E-state index in [0.29, 0.717) is 6.54 Å². The Morgan fingerprint density at radius 3 is 3.00 bits per heavy atom. The number of carbonyl (C=O) groups is 1. The van der Waals surface area contributed by atoms with E-state index in [4.69, 9.17) is 4.74 Å². The van der Waals surface area contributed by atoms with Gasteiger partial charge in [0.15, 0.2) is 0 Å². The van der Waals surface area contributed by atoms with Crippen LogP contribution in [0.2, 0.25) is 0 Å². The topological polar surface area (TPSA) is 29.5 Å². The molecule has 0 aliphatic carbocycles. The highest BCUT2D eigenvalue weighted by molar-refractivity contribution is 9.10. The standard InChI is InChI=1S/C16H22BrNO2/c1-3-9-20-14-5-4-8-18(11-14)16(19)13-6-7-15(17)12(2)10-13/h6-7,10,14H,3-5,8-9,11H2,1-2H3. The van der Waals surface area contributed by atoms with E-state index in [-0.39, 0.29) is 12.0 Å². The number of carbonyl (C=O) groups excluding carboxylic acids is 1. The second-order valence-corrected chi connectivity index (χ2v) is 6.20. The summed E-state index contributed by atoms with van der Waals surface area (Å²) in [5.41, 5.74) is 1.86. The van der Waals surface area contributed by atoms with Crippen LogP contribution in [-0.4, -0.2) is 36.6 Å². The fourth-order valence-corrected chi connectivity index (χ4v) is 2.75. The number of aryl methyl sites for hydroxylation is 1. The molecule has 0 radical (unpaired) electrons. The van der Waals surface area contributed by atoms with Gasteiger partial charge in [-0.05, 0) is 49.9 Å². The van der Waals surface area contributed by atoms with Crippen LogP contribution in [0.3, 0.4) is 0 Å². The second kappa shape index (κ2) is 7.23. The predicted octanol–water partition coefficient (Wildman–Crippen LogP) is 3.79. The maximum absolute atomic E-state index is 12.5. The van der Waals surface area contributed by atoms with Gasteiger partial charge in [-0.15, -0.1) is 0 Å². The molecule has 1 aromatic carbocycles. The van der Waals surface area contributed by atoms with Crippen LogP contribution >= 0.6 is 15.9 Å². The first-order valence-electron chi connectivity index (χ1n) is 7.29. The molecule has 0 bridgehead atoms. The smallest absolute Gasteiger partial charge is 0.253 e. The van der Waals surface area contributed by atoms with Gasteiger partial charge in [-0.25, -0.2) is 0 Å². The number of hydrogen-bond acceptors (Lipinski definition) is 2. The molecule has 1 saturated heterocycles. The van der Waals surface area contributed by atoms with E-state index in [1.165, 1.54) is 0 Å². The van der Waals surface area contributed by atoms with Crippen molar-refractivity contribution in [3.8, 4) is 0 Å². The van der Waals surface area contributed by atoms with Crippen molar-refractivity contribution >= 4 is 21.8 Å². The lowest BCUT2D eigenvalue weighted by molar-refractivity contribution is 0.00211. The number of halogens is 1. The van der Waals surface area contributed by atoms with Gasteiger partial charge in [-0.2, -0.15) is 0 Å². The Labute approximate surface area is 129 Å². The molecule has 0 spiro atoms. The van der Waals surface area contributed by atoms with Crippen molar-refractivity contribution in [3.63, 3.8) is 0 Å². The fraction of sp³-hybridized carbons (Fsp3) is 0.562. The minimum Gasteiger partial charge on any atom is -0.376 e. The van der Waals surface area contributed by atoms with Gasteiger partial charge >= 0.3 is 0 Å². The Bertz CT molecular complexity index is 476. The van der Waals surface area contributed by atoms with Gasteiger partial charge in [0.2, 0.25) is 0 Å². The van der Waals surface area contributed by atoms with Crippen LogP contribution in [0.15, 0.2) is 22.7 Å². The molecule has 0 saturated carbocycles. The highest BCUT2D eigenvalue weighted by atomic mass is 79.9. The van der Waals surface area contributed by atoms with Gasteiger partial charge < -0.3 is 9.64 Å². The molecule has 1 unspecified atom stereocenters. The Morgan fingerprint density at radius 1 is 1.50 bits per heavy atom. The molecule has 0 N–H and O–H groups in total. The van der Waals surface area contributed by atoms with Crippen LogP contribution in [0.4, 0.5) is 0 Å². The molecule has 1 aliphatic rings. The number of likely N-dealkylation sites (tertiary alicyclic amines) is 1. The van der Waals surface area contributed by atoms with E-state index in [2.05, 4.69) is 22.9 Å². The lowest BCUT2D eigenvalue weighted by Gasteiger charge is -2.32. The van der Waals surface area contributed by atoms with Crippen LogP contribution in [0.5, 0.6) is 0 Å². The normalized spacial score (nSPS) is 19.1. The first-order chi connectivity index (χ1) is 9.61. The van der Waals surface area contributed by atoms with Crippen molar-refractivity contribution in [2.24, 2.45) is 0 Å². The number of hydrogen-bond donors (Lipinski definition) is 0. The summed E-state index contributed by atoms with van der Waals surface area (Å²) in [5, 5.41) is 0. The summed E-state index contributed by atoms with van der Waals surface area (Å²) in [6.45, 7) is 6.44. The maximum Gasteiger partial charge on any atom is 0.253 e. The summed E-state index contributed by atoms with van der Waals surface area (Å²) < 4.78 is 6.83. The third-order valence-corrected chi connectivity index (χ3v) is 4.52. The van der Waals surface area contributed by atoms with E-state index in [1.807, 2.05) is 30.0 Å². The molecule has 1 aliphatic heterocycles. The lowest BCUT2D eigenvalue weighted by atomic mass is 10.1. The van der Waals surface area contributed by atoms with Gasteiger partial charge in [0, 0.05) is 29.7 Å². The average Bonchev–Trinajstić information content (AvgIpc) is 2.47. The van der Waals surface area contributed by atoms with Crippen molar-refractivity contribution in [3.05, 3.63) is 33.8 Å². The summed E-state index contributed by atoms with van der Waals surface area (Å²) in [4.78, 5) is 14.5. The predicted molar refractivity (Wildman–Crippen MR) is 84.0 cm³/mol. The highest BCUT2D eigenvalue weighted by Crippen LogP contribution is 2.20. The van der Waals surface area contributed by atoms with Crippen molar-refractivity contribution in [1.29, 1.82) is 0 Å². The Balaban J connectivity index is 2.02. The monoisotopic (exact) mass is 339 g/mol. The zero-order chi connectivity index (χ0) is 14.5. The van der Waals surface area contributed by atoms with E-state index in [9.17, 15) is 4.79 Å². The number of piperidine rings is 1. The number of benzene rings is 1. The number of amides is 1. The molecule has 2 rings (SSSR count). The molecule has 1 atom stereocenters. The number of rotatable bonds is 4. The summed E-state index contributed by atoms with van der Waals surface area (Å²) in [5.74, 6) is 0.116. The van der Waals surface area contributed by atoms with Crippen LogP contribution < -0.4 is 0 Å². The molecule has 3 nitrogen and oxygen atoms in total. The van der Waals surface area contributed by atoms with Crippen LogP contribution in [0.25, 0.3) is 0 Å². The summed E-state index contributed by atoms with van der Waals surface area (Å²) in [6, 6.07) is 5.77. The van der Waals surface area contributed by atoms with E-state index in [1.54, 1.807) is 0 Å². The van der Waals surface area contributed by atoms with Gasteiger partial charge in [-0.1, -0.05) is 22.9 Å². The zero-order valence-corrected chi connectivity index (χ0v) is 13.8. The molecule has 1 aromatic rings. The van der Waals surface area contributed by atoms with E-state index >= 15 is 0 Å². The molecule has 1 fully saturated rings. The highest BCUT2D eigenvalue weighted by Gasteiger charge is 2.24. The zero-order valence-electron chi connectivity index (χ0n) is 12.2. The molecular formula is C16H22BrNO2. The molecular weight excluding hydrogens is 318 g/mol. The third kappa shape index (κ3) is 3.83. The molecule has 4 heteroatoms. The molecule has 1 amide bonds. The Hall–Kier alpha value is -0.870. The molecule has 0 aromatic heterocycles. The SMILES string of the molecule is CCCOC1CCCN(C(=O)c2ccc(Br)c(C)c2)C1. The summed E-state index contributed by atoms with van der Waals surface area (Å²) >= 11 is 3.47. The van der Waals surface area contributed by atoms with Crippen molar-refractivity contribution in [2.45, 2.75) is 39.2 Å². The van der Waals surface area contributed by atoms with Crippen molar-refractivity contribution < 1.29 is 9.53 Å². The van der Waals surface area contributed by atoms with Gasteiger partial charge in [0.05, 0.1) is 6.10 Å². The summed E-state index contributed by atoms with van der Waals surface area (Å²) in [7, 11) is 0. The average molecular weight is 340 g/mol. The van der Waals surface area contributed by atoms with E-state index in [0.717, 1.165) is 48.0 Å². The van der Waals surface area contributed by atoms with Gasteiger partial charge in [0.25, 0.3) is 5.91 Å². The molecule has 20 heavy (non-hydrogen) atoms. The number of nitrogens with zero attached hydrogens (tertiary/aromatic N) is 1. The van der Waals surface area contributed by atoms with E-state index < -0.39 is 0 Å². The van der Waals surface area contributed by atoms with Crippen LogP contribution in [-0.2, 0) is 4.74 Å². The van der Waals surface area contributed by atoms with Crippen molar-refractivity contribution in [2.75, 3.05) is 19.7 Å². The lowest BCUT2D eigenvalue weighted by Crippen LogP contribution is -2.43. The van der Waals surface area contributed by atoms with Gasteiger partial charge in [0.1, 0.15) is 0 Å². The largest absolute Gasteiger partial charge is 0.376 e. The third-order valence-electron chi connectivity index (χ3n) is 3.63. The first kappa shape index (κ1) is 15.5. The molecule has 110 valence electrons. The molecule has 1 heterocycles. The first-order valence-corrected chi connectivity index (χ1v) is 8.08. The Morgan fingerprint density at radius 2 is 2.30 bits per heavy atom. The van der Waals surface area contributed by atoms with Gasteiger partial charge in [-0.3, -0.25) is 4.79 Å². The quantitative estimate of drug-likeness (QED) is 0.835.